The van der Waals surface area contributed by atoms with E-state index in [4.69, 9.17) is 9.15 Å². The Morgan fingerprint density at radius 1 is 1.00 bits per heavy atom. The average molecular weight is 490 g/mol. The van der Waals surface area contributed by atoms with Gasteiger partial charge in [0, 0.05) is 10.2 Å². The van der Waals surface area contributed by atoms with E-state index in [-0.39, 0.29) is 17.1 Å². The number of halogens is 1. The van der Waals surface area contributed by atoms with Crippen LogP contribution in [-0.2, 0) is 0 Å². The topological polar surface area (TPSA) is 59.8 Å². The van der Waals surface area contributed by atoms with E-state index in [1.807, 2.05) is 62.4 Å². The third-order valence-corrected chi connectivity index (χ3v) is 6.14. The lowest BCUT2D eigenvalue weighted by Crippen LogP contribution is -2.29. The van der Waals surface area contributed by atoms with Crippen LogP contribution in [0.15, 0.2) is 80.4 Å². The van der Waals surface area contributed by atoms with Gasteiger partial charge >= 0.3 is 0 Å². The molecule has 5 nitrogen and oxygen atoms in total. The molecule has 0 saturated heterocycles. The predicted molar refractivity (Wildman–Crippen MR) is 128 cm³/mol. The van der Waals surface area contributed by atoms with Crippen molar-refractivity contribution in [1.82, 2.24) is 0 Å². The molecule has 1 aliphatic rings. The highest BCUT2D eigenvalue weighted by Gasteiger charge is 2.43. The molecule has 1 aromatic heterocycles. The summed E-state index contributed by atoms with van der Waals surface area (Å²) in [5, 5.41) is 0.438. The first-order chi connectivity index (χ1) is 15.5. The molecule has 0 saturated carbocycles. The summed E-state index contributed by atoms with van der Waals surface area (Å²) in [6.07, 6.45) is 0. The third-order valence-electron chi connectivity index (χ3n) is 5.65. The van der Waals surface area contributed by atoms with E-state index in [9.17, 15) is 9.59 Å². The zero-order valence-corrected chi connectivity index (χ0v) is 19.2. The van der Waals surface area contributed by atoms with Crippen LogP contribution >= 0.6 is 15.9 Å². The summed E-state index contributed by atoms with van der Waals surface area (Å²) < 4.78 is 12.3. The monoisotopic (exact) mass is 489 g/mol. The number of ether oxygens (including phenoxy) is 1. The fraction of sp³-hybridized carbons (Fsp3) is 0.154. The number of carbonyl (C=O) groups excluding carboxylic acids is 1. The summed E-state index contributed by atoms with van der Waals surface area (Å²) in [5.74, 6) is 0.492. The minimum Gasteiger partial charge on any atom is -0.494 e. The van der Waals surface area contributed by atoms with Crippen molar-refractivity contribution >= 4 is 38.5 Å². The number of amides is 1. The lowest BCUT2D eigenvalue weighted by atomic mass is 9.98. The molecule has 4 aromatic rings. The molecule has 1 aliphatic heterocycles. The van der Waals surface area contributed by atoms with Crippen LogP contribution in [0.5, 0.6) is 5.75 Å². The van der Waals surface area contributed by atoms with Crippen LogP contribution in [0.4, 0.5) is 5.69 Å². The number of carbonyl (C=O) groups is 1. The largest absolute Gasteiger partial charge is 0.494 e. The van der Waals surface area contributed by atoms with Crippen LogP contribution in [0.2, 0.25) is 0 Å². The number of benzene rings is 3. The molecule has 5 rings (SSSR count). The van der Waals surface area contributed by atoms with Gasteiger partial charge in [-0.15, -0.1) is 0 Å². The van der Waals surface area contributed by atoms with E-state index < -0.39 is 6.04 Å². The standard InChI is InChI=1S/C26H20BrNO4/c1-3-31-19-11-6-16(7-12-19)23-22-24(29)20-14-17(27)8-13-21(20)32-25(22)26(30)28(23)18-9-4-15(2)5-10-18/h4-14,23H,3H2,1-2H3. The maximum atomic E-state index is 13.6. The van der Waals surface area contributed by atoms with E-state index in [1.54, 1.807) is 23.1 Å². The third kappa shape index (κ3) is 3.31. The minimum atomic E-state index is -0.601. The summed E-state index contributed by atoms with van der Waals surface area (Å²) in [4.78, 5) is 28.8. The van der Waals surface area contributed by atoms with Crippen LogP contribution in [0.25, 0.3) is 11.0 Å². The molecule has 32 heavy (non-hydrogen) atoms. The van der Waals surface area contributed by atoms with Gasteiger partial charge in [-0.05, 0) is 61.9 Å². The summed E-state index contributed by atoms with van der Waals surface area (Å²) in [5.41, 5.74) is 3.13. The van der Waals surface area contributed by atoms with Crippen LogP contribution < -0.4 is 15.1 Å². The lowest BCUT2D eigenvalue weighted by Gasteiger charge is -2.25. The molecule has 2 heterocycles. The Hall–Kier alpha value is -3.38. The van der Waals surface area contributed by atoms with E-state index in [0.717, 1.165) is 21.3 Å². The average Bonchev–Trinajstić information content (AvgIpc) is 3.08. The van der Waals surface area contributed by atoms with E-state index in [2.05, 4.69) is 15.9 Å². The van der Waals surface area contributed by atoms with Gasteiger partial charge in [0.05, 0.1) is 23.6 Å². The quantitative estimate of drug-likeness (QED) is 0.352. The highest BCUT2D eigenvalue weighted by molar-refractivity contribution is 9.10. The van der Waals surface area contributed by atoms with Crippen molar-refractivity contribution in [2.75, 3.05) is 11.5 Å². The molecular formula is C26H20BrNO4. The smallest absolute Gasteiger partial charge is 0.295 e. The van der Waals surface area contributed by atoms with Gasteiger partial charge in [-0.3, -0.25) is 14.5 Å². The number of hydrogen-bond donors (Lipinski definition) is 0. The summed E-state index contributed by atoms with van der Waals surface area (Å²) in [7, 11) is 0. The van der Waals surface area contributed by atoms with Crippen LogP contribution in [0, 0.1) is 6.92 Å². The highest BCUT2D eigenvalue weighted by atomic mass is 79.9. The molecule has 1 atom stereocenters. The molecule has 0 N–H and O–H groups in total. The Balaban J connectivity index is 1.76. The molecule has 1 unspecified atom stereocenters. The zero-order valence-electron chi connectivity index (χ0n) is 17.6. The second kappa shape index (κ2) is 7.95. The first-order valence-electron chi connectivity index (χ1n) is 10.4. The Labute approximate surface area is 193 Å². The van der Waals surface area contributed by atoms with Crippen molar-refractivity contribution in [3.63, 3.8) is 0 Å². The van der Waals surface area contributed by atoms with Gasteiger partial charge < -0.3 is 9.15 Å². The van der Waals surface area contributed by atoms with Crippen LogP contribution in [0.1, 0.15) is 40.2 Å². The molecule has 0 fully saturated rings. The molecule has 160 valence electrons. The molecule has 6 heteroatoms. The first-order valence-corrected chi connectivity index (χ1v) is 11.2. The summed E-state index contributed by atoms with van der Waals surface area (Å²) >= 11 is 3.43. The Kier molecular flexibility index (Phi) is 5.10. The van der Waals surface area contributed by atoms with Crippen molar-refractivity contribution in [2.45, 2.75) is 19.9 Å². The van der Waals surface area contributed by atoms with Gasteiger partial charge in [0.2, 0.25) is 5.76 Å². The minimum absolute atomic E-state index is 0.0873. The second-order valence-electron chi connectivity index (χ2n) is 7.73. The second-order valence-corrected chi connectivity index (χ2v) is 8.65. The number of aryl methyl sites for hydroxylation is 1. The number of anilines is 1. The fourth-order valence-electron chi connectivity index (χ4n) is 4.15. The SMILES string of the molecule is CCOc1ccc(C2c3c(oc4ccc(Br)cc4c3=O)C(=O)N2c2ccc(C)cc2)cc1. The van der Waals surface area contributed by atoms with Gasteiger partial charge in [0.1, 0.15) is 11.3 Å². The van der Waals surface area contributed by atoms with Gasteiger partial charge in [0.15, 0.2) is 5.43 Å². The molecule has 0 bridgehead atoms. The van der Waals surface area contributed by atoms with Crippen molar-refractivity contribution in [3.05, 3.63) is 104 Å². The first kappa shape index (κ1) is 20.5. The summed E-state index contributed by atoms with van der Waals surface area (Å²) in [6.45, 7) is 4.47. The molecule has 1 amide bonds. The maximum Gasteiger partial charge on any atom is 0.295 e. The molecular weight excluding hydrogens is 470 g/mol. The molecule has 3 aromatic carbocycles. The Bertz CT molecular complexity index is 1390. The highest BCUT2D eigenvalue weighted by Crippen LogP contribution is 2.41. The van der Waals surface area contributed by atoms with Crippen molar-refractivity contribution in [2.24, 2.45) is 0 Å². The maximum absolute atomic E-state index is 13.6. The van der Waals surface area contributed by atoms with Crippen LogP contribution in [0.3, 0.4) is 0 Å². The van der Waals surface area contributed by atoms with E-state index >= 15 is 0 Å². The number of nitrogens with zero attached hydrogens (tertiary/aromatic N) is 1. The Morgan fingerprint density at radius 2 is 1.72 bits per heavy atom. The predicted octanol–water partition coefficient (Wildman–Crippen LogP) is 6.01. The van der Waals surface area contributed by atoms with Gasteiger partial charge in [-0.2, -0.15) is 0 Å². The van der Waals surface area contributed by atoms with Crippen molar-refractivity contribution < 1.29 is 13.9 Å². The normalized spacial score (nSPS) is 15.3. The van der Waals surface area contributed by atoms with Gasteiger partial charge in [0.25, 0.3) is 5.91 Å². The lowest BCUT2D eigenvalue weighted by molar-refractivity contribution is 0.0971. The molecule has 0 aliphatic carbocycles. The summed E-state index contributed by atoms with van der Waals surface area (Å²) in [6, 6.07) is 19.8. The van der Waals surface area contributed by atoms with Crippen LogP contribution in [-0.4, -0.2) is 12.5 Å². The van der Waals surface area contributed by atoms with E-state index in [1.165, 1.54) is 0 Å². The number of hydrogen-bond acceptors (Lipinski definition) is 4. The Morgan fingerprint density at radius 3 is 2.41 bits per heavy atom. The van der Waals surface area contributed by atoms with Crippen molar-refractivity contribution in [3.8, 4) is 5.75 Å². The molecule has 0 spiro atoms. The zero-order chi connectivity index (χ0) is 22.4. The van der Waals surface area contributed by atoms with Gasteiger partial charge in [-0.25, -0.2) is 0 Å². The number of fused-ring (bicyclic) bond motifs is 2. The van der Waals surface area contributed by atoms with Gasteiger partial charge in [-0.1, -0.05) is 45.8 Å². The van der Waals surface area contributed by atoms with E-state index in [0.29, 0.717) is 28.8 Å². The molecule has 0 radical (unpaired) electrons. The number of rotatable bonds is 4. The van der Waals surface area contributed by atoms with Crippen molar-refractivity contribution in [1.29, 1.82) is 0 Å². The fourth-order valence-corrected chi connectivity index (χ4v) is 4.51.